The number of fused-ring (bicyclic) bond motifs is 5. The topological polar surface area (TPSA) is 146 Å². The fraction of sp³-hybridized carbons (Fsp3) is 0.704. The van der Waals surface area contributed by atoms with Crippen molar-refractivity contribution in [1.82, 2.24) is 5.32 Å². The summed E-state index contributed by atoms with van der Waals surface area (Å²) in [6.45, 7) is 4.05. The molecule has 9 nitrogen and oxygen atoms in total. The van der Waals surface area contributed by atoms with E-state index in [1.807, 2.05) is 0 Å². The van der Waals surface area contributed by atoms with Crippen LogP contribution in [0.15, 0.2) is 16.8 Å². The smallest absolute Gasteiger partial charge is 0.326 e. The number of aliphatic carboxylic acids is 2. The Morgan fingerprint density at radius 1 is 1.17 bits per heavy atom. The molecular formula is C27H36N2O7. The summed E-state index contributed by atoms with van der Waals surface area (Å²) >= 11 is 0. The number of hydrogen-bond acceptors (Lipinski definition) is 6. The minimum atomic E-state index is -1.52. The second kappa shape index (κ2) is 9.55. The number of allylic oxidation sites excluding steroid dienone is 2. The number of carbonyl (C=O) groups excluding carboxylic acids is 1. The minimum absolute atomic E-state index is 0.0586. The van der Waals surface area contributed by atoms with Gasteiger partial charge in [-0.05, 0) is 80.6 Å². The number of carbonyl (C=O) groups is 3. The zero-order valence-corrected chi connectivity index (χ0v) is 21.0. The summed E-state index contributed by atoms with van der Waals surface area (Å²) in [4.78, 5) is 39.1. The molecule has 36 heavy (non-hydrogen) atoms. The molecule has 196 valence electrons. The lowest BCUT2D eigenvalue weighted by molar-refractivity contribution is -0.147. The first-order valence-corrected chi connectivity index (χ1v) is 12.8. The van der Waals surface area contributed by atoms with Crippen molar-refractivity contribution in [2.24, 2.45) is 33.7 Å². The van der Waals surface area contributed by atoms with Gasteiger partial charge in [-0.15, -0.1) is 6.42 Å². The Morgan fingerprint density at radius 3 is 2.56 bits per heavy atom. The number of nitrogens with zero attached hydrogens (tertiary/aromatic N) is 1. The summed E-state index contributed by atoms with van der Waals surface area (Å²) in [7, 11) is 0. The first-order chi connectivity index (χ1) is 16.9. The van der Waals surface area contributed by atoms with Gasteiger partial charge in [-0.25, -0.2) is 4.79 Å². The minimum Gasteiger partial charge on any atom is -0.481 e. The van der Waals surface area contributed by atoms with Gasteiger partial charge < -0.3 is 25.5 Å². The zero-order valence-electron chi connectivity index (χ0n) is 21.0. The van der Waals surface area contributed by atoms with Crippen molar-refractivity contribution >= 4 is 23.6 Å². The Morgan fingerprint density at radius 2 is 1.89 bits per heavy atom. The summed E-state index contributed by atoms with van der Waals surface area (Å²) in [5.74, 6) is 0.754. The number of carboxylic acid groups (broad SMARTS) is 2. The van der Waals surface area contributed by atoms with Gasteiger partial charge in [0.15, 0.2) is 6.61 Å². The SMILES string of the molecule is C#C[C@@]1(O)CC[C@H]2[C@@H]3CCC4=C/C(=N\OCC(=O)N[C@H](CC(=O)O)C(=O)O)CC[C@]4(C)[C@H]3CC[C@@]21C. The Hall–Kier alpha value is -2.86. The number of oxime groups is 1. The molecule has 0 saturated heterocycles. The number of nitrogens with one attached hydrogen (secondary N) is 1. The van der Waals surface area contributed by atoms with Crippen molar-refractivity contribution in [2.45, 2.75) is 83.3 Å². The molecule has 0 aromatic heterocycles. The van der Waals surface area contributed by atoms with E-state index in [1.165, 1.54) is 5.57 Å². The lowest BCUT2D eigenvalue weighted by Gasteiger charge is -2.58. The van der Waals surface area contributed by atoms with Gasteiger partial charge >= 0.3 is 11.9 Å². The molecule has 0 unspecified atom stereocenters. The van der Waals surface area contributed by atoms with Crippen molar-refractivity contribution in [3.63, 3.8) is 0 Å². The fourth-order valence-electron chi connectivity index (χ4n) is 7.68. The Kier molecular flexibility index (Phi) is 6.95. The van der Waals surface area contributed by atoms with Crippen molar-refractivity contribution < 1.29 is 34.5 Å². The van der Waals surface area contributed by atoms with Gasteiger partial charge in [0, 0.05) is 5.41 Å². The molecule has 3 fully saturated rings. The van der Waals surface area contributed by atoms with Crippen LogP contribution in [0.1, 0.15) is 71.6 Å². The first kappa shape index (κ1) is 26.2. The quantitative estimate of drug-likeness (QED) is 0.311. The van der Waals surface area contributed by atoms with Gasteiger partial charge in [0.1, 0.15) is 11.6 Å². The summed E-state index contributed by atoms with van der Waals surface area (Å²) < 4.78 is 0. The van der Waals surface area contributed by atoms with E-state index in [-0.39, 0.29) is 10.8 Å². The van der Waals surface area contributed by atoms with Crippen LogP contribution in [0, 0.1) is 40.9 Å². The normalized spacial score (nSPS) is 39.0. The highest BCUT2D eigenvalue weighted by Gasteiger charge is 2.63. The van der Waals surface area contributed by atoms with Crippen LogP contribution in [0.4, 0.5) is 0 Å². The highest BCUT2D eigenvalue weighted by molar-refractivity contribution is 5.96. The average Bonchev–Trinajstić information content (AvgIpc) is 3.09. The van der Waals surface area contributed by atoms with Crippen LogP contribution >= 0.6 is 0 Å². The molecule has 0 radical (unpaired) electrons. The third-order valence-electron chi connectivity index (χ3n) is 9.76. The van der Waals surface area contributed by atoms with Crippen molar-refractivity contribution in [3.8, 4) is 12.3 Å². The molecule has 4 rings (SSSR count). The van der Waals surface area contributed by atoms with E-state index in [0.29, 0.717) is 30.6 Å². The average molecular weight is 501 g/mol. The number of rotatable bonds is 7. The predicted octanol–water partition coefficient (Wildman–Crippen LogP) is 2.73. The van der Waals surface area contributed by atoms with E-state index in [0.717, 1.165) is 44.2 Å². The number of amides is 1. The number of carboxylic acids is 2. The number of aliphatic hydroxyl groups is 1. The van der Waals surface area contributed by atoms with E-state index < -0.39 is 42.5 Å². The molecule has 0 aromatic rings. The molecule has 0 heterocycles. The maximum absolute atomic E-state index is 12.0. The van der Waals surface area contributed by atoms with Gasteiger partial charge in [-0.3, -0.25) is 9.59 Å². The molecule has 0 aliphatic heterocycles. The summed E-state index contributed by atoms with van der Waals surface area (Å²) in [5.41, 5.74) is 0.928. The lowest BCUT2D eigenvalue weighted by Crippen LogP contribution is -2.54. The molecule has 4 aliphatic carbocycles. The Labute approximate surface area is 211 Å². The van der Waals surface area contributed by atoms with Crippen molar-refractivity contribution in [3.05, 3.63) is 11.6 Å². The molecule has 4 aliphatic rings. The molecule has 7 atom stereocenters. The van der Waals surface area contributed by atoms with Gasteiger partial charge in [0.05, 0.1) is 12.1 Å². The maximum atomic E-state index is 12.0. The highest BCUT2D eigenvalue weighted by Crippen LogP contribution is 2.67. The van der Waals surface area contributed by atoms with E-state index in [4.69, 9.17) is 21.5 Å². The van der Waals surface area contributed by atoms with Gasteiger partial charge in [0.2, 0.25) is 0 Å². The second-order valence-corrected chi connectivity index (χ2v) is 11.4. The summed E-state index contributed by atoms with van der Waals surface area (Å²) in [6, 6.07) is -1.52. The summed E-state index contributed by atoms with van der Waals surface area (Å²) in [5, 5.41) is 35.2. The third-order valence-corrected chi connectivity index (χ3v) is 9.76. The fourth-order valence-corrected chi connectivity index (χ4v) is 7.68. The van der Waals surface area contributed by atoms with E-state index in [1.54, 1.807) is 0 Å². The molecule has 0 bridgehead atoms. The zero-order chi connectivity index (χ0) is 26.3. The van der Waals surface area contributed by atoms with Crippen LogP contribution in [0.3, 0.4) is 0 Å². The number of hydrogen-bond donors (Lipinski definition) is 4. The van der Waals surface area contributed by atoms with E-state index >= 15 is 0 Å². The maximum Gasteiger partial charge on any atom is 0.326 e. The standard InChI is InChI=1S/C27H36N2O7/c1-4-27(35)12-9-20-18-6-5-16-13-17(7-10-25(16,2)19(18)8-11-26(20,27)3)29-36-15-22(30)28-21(24(33)34)14-23(31)32/h1,13,18-21,35H,5-12,14-15H2,2-3H3,(H,28,30)(H,31,32)(H,33,34)/b29-17-/t18-,19+,20+,21-,25+,26+,27-/m1/s1. The predicted molar refractivity (Wildman–Crippen MR) is 131 cm³/mol. The van der Waals surface area contributed by atoms with Crippen LogP contribution in [0.5, 0.6) is 0 Å². The molecule has 9 heteroatoms. The largest absolute Gasteiger partial charge is 0.481 e. The monoisotopic (exact) mass is 500 g/mol. The van der Waals surface area contributed by atoms with Gasteiger partial charge in [0.25, 0.3) is 5.91 Å². The van der Waals surface area contributed by atoms with Gasteiger partial charge in [-0.2, -0.15) is 0 Å². The lowest BCUT2D eigenvalue weighted by atomic mass is 9.46. The molecule has 4 N–H and O–H groups in total. The first-order valence-electron chi connectivity index (χ1n) is 12.8. The van der Waals surface area contributed by atoms with E-state index in [9.17, 15) is 19.5 Å². The highest BCUT2D eigenvalue weighted by atomic mass is 16.6. The van der Waals surface area contributed by atoms with E-state index in [2.05, 4.69) is 36.3 Å². The van der Waals surface area contributed by atoms with Crippen LogP contribution in [-0.4, -0.2) is 57.1 Å². The van der Waals surface area contributed by atoms with Crippen LogP contribution < -0.4 is 5.32 Å². The molecule has 1 amide bonds. The Bertz CT molecular complexity index is 1050. The molecule has 3 saturated carbocycles. The molecule has 0 aromatic carbocycles. The van der Waals surface area contributed by atoms with Crippen molar-refractivity contribution in [1.29, 1.82) is 0 Å². The van der Waals surface area contributed by atoms with Crippen LogP contribution in [0.2, 0.25) is 0 Å². The Balaban J connectivity index is 1.40. The third kappa shape index (κ3) is 4.40. The second-order valence-electron chi connectivity index (χ2n) is 11.4. The van der Waals surface area contributed by atoms with Crippen molar-refractivity contribution in [2.75, 3.05) is 6.61 Å². The number of terminal acetylenes is 1. The molecular weight excluding hydrogens is 464 g/mol. The van der Waals surface area contributed by atoms with Crippen LogP contribution in [-0.2, 0) is 19.2 Å². The molecule has 0 spiro atoms. The van der Waals surface area contributed by atoms with Gasteiger partial charge in [-0.1, -0.05) is 30.5 Å². The van der Waals surface area contributed by atoms with Crippen LogP contribution in [0.25, 0.3) is 0 Å². The summed E-state index contributed by atoms with van der Waals surface area (Å²) in [6.07, 6.45) is 14.4.